The van der Waals surface area contributed by atoms with E-state index in [1.165, 1.54) is 0 Å². The molecular weight excluding hydrogens is 216 g/mol. The van der Waals surface area contributed by atoms with Crippen LogP contribution in [-0.2, 0) is 15.1 Å². The first-order valence-corrected chi connectivity index (χ1v) is 5.92. The van der Waals surface area contributed by atoms with Gasteiger partial charge < -0.3 is 9.47 Å². The summed E-state index contributed by atoms with van der Waals surface area (Å²) in [5, 5.41) is 0. The van der Waals surface area contributed by atoms with E-state index in [-0.39, 0.29) is 5.60 Å². The van der Waals surface area contributed by atoms with Crippen LogP contribution in [0.25, 0.3) is 0 Å². The number of hydrogen-bond acceptors (Lipinski definition) is 3. The van der Waals surface area contributed by atoms with Crippen LogP contribution in [0.2, 0.25) is 0 Å². The highest BCUT2D eigenvalue weighted by molar-refractivity contribution is 5.79. The quantitative estimate of drug-likeness (QED) is 0.806. The molecule has 0 saturated heterocycles. The Morgan fingerprint density at radius 2 is 1.76 bits per heavy atom. The van der Waals surface area contributed by atoms with Gasteiger partial charge in [-0.1, -0.05) is 18.2 Å². The summed E-state index contributed by atoms with van der Waals surface area (Å²) in [6.45, 7) is 0. The summed E-state index contributed by atoms with van der Waals surface area (Å²) in [5.41, 5.74) is 0.693. The molecule has 0 heterocycles. The van der Waals surface area contributed by atoms with Crippen LogP contribution in [0.4, 0.5) is 0 Å². The number of benzene rings is 1. The maximum absolute atomic E-state index is 11.4. The second-order valence-electron chi connectivity index (χ2n) is 4.44. The third-order valence-electron chi connectivity index (χ3n) is 3.60. The summed E-state index contributed by atoms with van der Waals surface area (Å²) in [6, 6.07) is 7.89. The zero-order valence-corrected chi connectivity index (χ0v) is 10.4. The van der Waals surface area contributed by atoms with Crippen LogP contribution in [0.1, 0.15) is 31.2 Å². The number of carbonyl (C=O) groups is 1. The number of ether oxygens (including phenoxy) is 2. The Morgan fingerprint density at radius 3 is 2.35 bits per heavy atom. The molecule has 0 radical (unpaired) electrons. The molecule has 0 aliphatic heterocycles. The molecule has 92 valence electrons. The van der Waals surface area contributed by atoms with Crippen LogP contribution in [0.3, 0.4) is 0 Å². The average Bonchev–Trinajstić information content (AvgIpc) is 2.40. The Bertz CT molecular complexity index is 402. The summed E-state index contributed by atoms with van der Waals surface area (Å²) in [4.78, 5) is 11.4. The molecule has 1 aromatic carbocycles. The van der Waals surface area contributed by atoms with Gasteiger partial charge in [0, 0.05) is 25.5 Å². The van der Waals surface area contributed by atoms with Gasteiger partial charge in [0.15, 0.2) is 0 Å². The van der Waals surface area contributed by atoms with E-state index in [0.29, 0.717) is 18.6 Å². The van der Waals surface area contributed by atoms with Crippen LogP contribution in [0, 0.1) is 0 Å². The van der Waals surface area contributed by atoms with Gasteiger partial charge in [-0.15, -0.1) is 0 Å². The molecule has 17 heavy (non-hydrogen) atoms. The molecule has 0 bridgehead atoms. The lowest BCUT2D eigenvalue weighted by molar-refractivity contribution is -0.128. The van der Waals surface area contributed by atoms with E-state index < -0.39 is 0 Å². The zero-order chi connectivity index (χ0) is 12.3. The number of para-hydroxylation sites is 1. The Balaban J connectivity index is 2.37. The lowest BCUT2D eigenvalue weighted by Crippen LogP contribution is -2.34. The van der Waals surface area contributed by atoms with E-state index in [4.69, 9.17) is 9.47 Å². The zero-order valence-electron chi connectivity index (χ0n) is 10.4. The molecule has 0 N–H and O–H groups in total. The van der Waals surface area contributed by atoms with Gasteiger partial charge in [-0.25, -0.2) is 0 Å². The van der Waals surface area contributed by atoms with Gasteiger partial charge in [0.05, 0.1) is 12.7 Å². The average molecular weight is 234 g/mol. The van der Waals surface area contributed by atoms with E-state index in [9.17, 15) is 4.79 Å². The van der Waals surface area contributed by atoms with Crippen molar-refractivity contribution in [1.82, 2.24) is 0 Å². The van der Waals surface area contributed by atoms with Crippen LogP contribution < -0.4 is 4.74 Å². The molecule has 3 heteroatoms. The minimum atomic E-state index is -0.361. The molecule has 0 amide bonds. The van der Waals surface area contributed by atoms with Crippen molar-refractivity contribution in [3.8, 4) is 5.75 Å². The second-order valence-corrected chi connectivity index (χ2v) is 4.44. The third kappa shape index (κ3) is 2.20. The molecule has 1 saturated carbocycles. The number of rotatable bonds is 3. The second kappa shape index (κ2) is 4.88. The number of methoxy groups -OCH3 is 2. The van der Waals surface area contributed by atoms with Crippen LogP contribution >= 0.6 is 0 Å². The Hall–Kier alpha value is -1.35. The van der Waals surface area contributed by atoms with Crippen molar-refractivity contribution in [1.29, 1.82) is 0 Å². The van der Waals surface area contributed by atoms with Crippen LogP contribution in [0.15, 0.2) is 24.3 Å². The van der Waals surface area contributed by atoms with E-state index in [1.54, 1.807) is 14.2 Å². The van der Waals surface area contributed by atoms with Crippen molar-refractivity contribution < 1.29 is 14.3 Å². The van der Waals surface area contributed by atoms with Gasteiger partial charge in [0.1, 0.15) is 11.5 Å². The highest BCUT2D eigenvalue weighted by Gasteiger charge is 2.38. The van der Waals surface area contributed by atoms with Crippen LogP contribution in [-0.4, -0.2) is 20.0 Å². The molecule has 1 aromatic rings. The molecule has 1 fully saturated rings. The highest BCUT2D eigenvalue weighted by atomic mass is 16.5. The Labute approximate surface area is 102 Å². The molecular formula is C14H18O3. The summed E-state index contributed by atoms with van der Waals surface area (Å²) in [7, 11) is 3.37. The summed E-state index contributed by atoms with van der Waals surface area (Å²) in [5.74, 6) is 1.16. The molecule has 0 unspecified atom stereocenters. The molecule has 3 nitrogen and oxygen atoms in total. The largest absolute Gasteiger partial charge is 0.496 e. The van der Waals surface area contributed by atoms with E-state index in [1.807, 2.05) is 24.3 Å². The van der Waals surface area contributed by atoms with Crippen molar-refractivity contribution in [2.75, 3.05) is 14.2 Å². The Kier molecular flexibility index (Phi) is 3.48. The summed E-state index contributed by atoms with van der Waals surface area (Å²) < 4.78 is 11.1. The monoisotopic (exact) mass is 234 g/mol. The molecule has 2 rings (SSSR count). The lowest BCUT2D eigenvalue weighted by atomic mass is 9.78. The van der Waals surface area contributed by atoms with Crippen molar-refractivity contribution >= 4 is 5.78 Å². The van der Waals surface area contributed by atoms with E-state index in [0.717, 1.165) is 24.2 Å². The topological polar surface area (TPSA) is 35.5 Å². The standard InChI is InChI=1S/C14H18O3/c1-16-13-6-4-3-5-12(13)14(17-2)9-7-11(15)8-10-14/h3-6H,7-10H2,1-2H3. The number of Topliss-reactive ketones (excluding diaryl/α,β-unsaturated/α-hetero) is 1. The smallest absolute Gasteiger partial charge is 0.133 e. The van der Waals surface area contributed by atoms with Gasteiger partial charge in [-0.05, 0) is 18.9 Å². The lowest BCUT2D eigenvalue weighted by Gasteiger charge is -2.36. The van der Waals surface area contributed by atoms with Crippen molar-refractivity contribution in [3.05, 3.63) is 29.8 Å². The van der Waals surface area contributed by atoms with Crippen molar-refractivity contribution in [3.63, 3.8) is 0 Å². The van der Waals surface area contributed by atoms with Gasteiger partial charge >= 0.3 is 0 Å². The van der Waals surface area contributed by atoms with E-state index in [2.05, 4.69) is 0 Å². The van der Waals surface area contributed by atoms with Gasteiger partial charge in [0.2, 0.25) is 0 Å². The highest BCUT2D eigenvalue weighted by Crippen LogP contribution is 2.42. The summed E-state index contributed by atoms with van der Waals surface area (Å²) >= 11 is 0. The fourth-order valence-corrected chi connectivity index (χ4v) is 2.54. The van der Waals surface area contributed by atoms with E-state index >= 15 is 0 Å². The minimum Gasteiger partial charge on any atom is -0.496 e. The fourth-order valence-electron chi connectivity index (χ4n) is 2.54. The minimum absolute atomic E-state index is 0.326. The van der Waals surface area contributed by atoms with Crippen molar-refractivity contribution in [2.45, 2.75) is 31.3 Å². The van der Waals surface area contributed by atoms with Crippen molar-refractivity contribution in [2.24, 2.45) is 0 Å². The maximum Gasteiger partial charge on any atom is 0.133 e. The maximum atomic E-state index is 11.4. The SMILES string of the molecule is COc1ccccc1C1(OC)CCC(=O)CC1. The first-order chi connectivity index (χ1) is 8.22. The summed E-state index contributed by atoms with van der Waals surface area (Å²) in [6.07, 6.45) is 2.66. The Morgan fingerprint density at radius 1 is 1.12 bits per heavy atom. The first-order valence-electron chi connectivity index (χ1n) is 5.92. The molecule has 1 aliphatic carbocycles. The fraction of sp³-hybridized carbons (Fsp3) is 0.500. The number of ketones is 1. The number of hydrogen-bond donors (Lipinski definition) is 0. The normalized spacial score (nSPS) is 19.1. The predicted molar refractivity (Wildman–Crippen MR) is 65.2 cm³/mol. The molecule has 1 aliphatic rings. The third-order valence-corrected chi connectivity index (χ3v) is 3.60. The predicted octanol–water partition coefficient (Wildman–Crippen LogP) is 2.68. The van der Waals surface area contributed by atoms with Gasteiger partial charge in [0.25, 0.3) is 0 Å². The van der Waals surface area contributed by atoms with Gasteiger partial charge in [-0.2, -0.15) is 0 Å². The molecule has 0 spiro atoms. The molecule has 0 aromatic heterocycles. The first kappa shape index (κ1) is 12.1. The van der Waals surface area contributed by atoms with Crippen LogP contribution in [0.5, 0.6) is 5.75 Å². The van der Waals surface area contributed by atoms with Gasteiger partial charge in [-0.3, -0.25) is 4.79 Å². The molecule has 0 atom stereocenters. The number of carbonyl (C=O) groups excluding carboxylic acids is 1.